The van der Waals surface area contributed by atoms with E-state index in [0.717, 1.165) is 35.9 Å². The molecular formula is C38H47N9O7. The zero-order valence-electron chi connectivity index (χ0n) is 31.2. The largest absolute Gasteiger partial charge is 0.453 e. The molecule has 4 N–H and O–H groups in total. The van der Waals surface area contributed by atoms with Gasteiger partial charge in [-0.15, -0.1) is 0 Å². The van der Waals surface area contributed by atoms with Gasteiger partial charge in [-0.25, -0.2) is 19.7 Å². The minimum absolute atomic E-state index is 0.0321. The summed E-state index contributed by atoms with van der Waals surface area (Å²) in [6.07, 6.45) is 7.31. The van der Waals surface area contributed by atoms with E-state index in [2.05, 4.69) is 30.6 Å². The zero-order chi connectivity index (χ0) is 38.7. The molecule has 4 atom stereocenters. The van der Waals surface area contributed by atoms with Crippen LogP contribution < -0.4 is 10.6 Å². The van der Waals surface area contributed by atoms with E-state index < -0.39 is 30.7 Å². The van der Waals surface area contributed by atoms with Crippen LogP contribution in [0, 0.1) is 11.8 Å². The Kier molecular flexibility index (Phi) is 11.5. The Morgan fingerprint density at radius 1 is 0.907 bits per heavy atom. The first kappa shape index (κ1) is 38.2. The van der Waals surface area contributed by atoms with Crippen molar-refractivity contribution in [3.63, 3.8) is 0 Å². The molecule has 54 heavy (non-hydrogen) atoms. The van der Waals surface area contributed by atoms with E-state index in [1.807, 2.05) is 45.9 Å². The SMILES string of the molecule is COC(=O)NC(C(=O)N1CCCC1c1nc2ccc(-c3cnc(C(=O)C4=CN=C(C5CCCN5C(=O)C(NC(=O)CO)C(C)C)C4)nc3)cc2[nH]1)C(C)C. The quantitative estimate of drug-likeness (QED) is 0.199. The molecule has 3 aromatic rings. The number of rotatable bonds is 12. The maximum Gasteiger partial charge on any atom is 0.407 e. The number of carbonyl (C=O) groups is 5. The number of aliphatic hydroxyl groups excluding tert-OH is 1. The van der Waals surface area contributed by atoms with Crippen molar-refractivity contribution in [1.82, 2.24) is 40.4 Å². The molecule has 2 aromatic heterocycles. The number of alkyl carbamates (subject to hydrolysis) is 1. The van der Waals surface area contributed by atoms with E-state index in [1.165, 1.54) is 13.3 Å². The van der Waals surface area contributed by atoms with Gasteiger partial charge in [0.1, 0.15) is 24.5 Å². The van der Waals surface area contributed by atoms with Crippen molar-refractivity contribution in [3.05, 3.63) is 54.0 Å². The number of ether oxygens (including phenoxy) is 1. The molecule has 3 aliphatic heterocycles. The minimum atomic E-state index is -0.779. The van der Waals surface area contributed by atoms with Gasteiger partial charge >= 0.3 is 6.09 Å². The Labute approximate surface area is 312 Å². The minimum Gasteiger partial charge on any atom is -0.453 e. The number of amides is 4. The van der Waals surface area contributed by atoms with E-state index in [1.54, 1.807) is 22.2 Å². The monoisotopic (exact) mass is 741 g/mol. The lowest BCUT2D eigenvalue weighted by atomic mass is 9.98. The van der Waals surface area contributed by atoms with Crippen LogP contribution in [0.4, 0.5) is 4.79 Å². The van der Waals surface area contributed by atoms with Crippen LogP contribution in [-0.2, 0) is 19.1 Å². The van der Waals surface area contributed by atoms with Gasteiger partial charge in [0.2, 0.25) is 29.3 Å². The van der Waals surface area contributed by atoms with Gasteiger partial charge in [-0.05, 0) is 55.2 Å². The van der Waals surface area contributed by atoms with Crippen molar-refractivity contribution in [2.75, 3.05) is 26.8 Å². The van der Waals surface area contributed by atoms with Gasteiger partial charge in [-0.2, -0.15) is 0 Å². The van der Waals surface area contributed by atoms with Gasteiger partial charge in [0.15, 0.2) is 0 Å². The average molecular weight is 742 g/mol. The molecule has 0 aliphatic carbocycles. The second-order valence-corrected chi connectivity index (χ2v) is 14.6. The Balaban J connectivity index is 1.11. The molecule has 5 heterocycles. The third-order valence-corrected chi connectivity index (χ3v) is 10.3. The van der Waals surface area contributed by atoms with Gasteiger partial charge < -0.3 is 35.3 Å². The van der Waals surface area contributed by atoms with E-state index in [9.17, 15) is 29.1 Å². The zero-order valence-corrected chi connectivity index (χ0v) is 31.2. The number of Topliss-reactive ketones (excluding diaryl/α,β-unsaturated/α-hetero) is 1. The standard InChI is InChI=1S/C38H47N9O7/c1-20(2)31(44-30(49)19-48)36(51)46-12-6-8-28(46)27-15-23(16-39-27)33(50)35-40-17-24(18-41-35)22-10-11-25-26(14-22)43-34(42-25)29-9-7-13-47(29)37(52)32(21(3)4)45-38(53)54-5/h10-11,14,16-18,20-21,28-29,31-32,48H,6-9,12-13,15,19H2,1-5H3,(H,42,43)(H,44,49)(H,45,53). The number of hydrogen-bond donors (Lipinski definition) is 4. The number of methoxy groups -OCH3 is 1. The normalized spacial score (nSPS) is 19.6. The van der Waals surface area contributed by atoms with Crippen molar-refractivity contribution in [2.24, 2.45) is 16.8 Å². The highest BCUT2D eigenvalue weighted by molar-refractivity contribution is 6.12. The number of nitrogens with zero attached hydrogens (tertiary/aromatic N) is 6. The molecule has 0 bridgehead atoms. The fourth-order valence-electron chi connectivity index (χ4n) is 7.38. The first-order valence-electron chi connectivity index (χ1n) is 18.4. The number of imidazole rings is 1. The Morgan fingerprint density at radius 3 is 2.17 bits per heavy atom. The molecule has 0 radical (unpaired) electrons. The van der Waals surface area contributed by atoms with Crippen molar-refractivity contribution in [1.29, 1.82) is 0 Å². The highest BCUT2D eigenvalue weighted by Crippen LogP contribution is 2.34. The van der Waals surface area contributed by atoms with E-state index >= 15 is 0 Å². The van der Waals surface area contributed by atoms with E-state index in [0.29, 0.717) is 42.2 Å². The van der Waals surface area contributed by atoms with Crippen LogP contribution in [0.2, 0.25) is 0 Å². The van der Waals surface area contributed by atoms with Gasteiger partial charge in [0, 0.05) is 55.0 Å². The number of likely N-dealkylation sites (tertiary alicyclic amines) is 2. The van der Waals surface area contributed by atoms with Crippen molar-refractivity contribution >= 4 is 46.3 Å². The first-order chi connectivity index (χ1) is 25.9. The summed E-state index contributed by atoms with van der Waals surface area (Å²) in [5, 5.41) is 14.5. The van der Waals surface area contributed by atoms with Crippen LogP contribution in [0.3, 0.4) is 0 Å². The molecule has 16 heteroatoms. The lowest BCUT2D eigenvalue weighted by Gasteiger charge is -2.31. The van der Waals surface area contributed by atoms with E-state index in [-0.39, 0.29) is 53.8 Å². The third kappa shape index (κ3) is 7.88. The summed E-state index contributed by atoms with van der Waals surface area (Å²) in [6.45, 7) is 7.78. The number of aliphatic imine (C=N–C) groups is 1. The number of aromatic nitrogens is 4. The summed E-state index contributed by atoms with van der Waals surface area (Å²) in [4.78, 5) is 89.3. The number of benzene rings is 1. The number of nitrogens with one attached hydrogen (secondary N) is 3. The second kappa shape index (κ2) is 16.2. The topological polar surface area (TPSA) is 212 Å². The number of allylic oxidation sites excluding steroid dienone is 1. The smallest absolute Gasteiger partial charge is 0.407 e. The van der Waals surface area contributed by atoms with Crippen LogP contribution in [0.15, 0.2) is 47.4 Å². The molecular weight excluding hydrogens is 694 g/mol. The highest BCUT2D eigenvalue weighted by atomic mass is 16.5. The molecule has 2 fully saturated rings. The van der Waals surface area contributed by atoms with Gasteiger partial charge in [0.05, 0.1) is 30.2 Å². The summed E-state index contributed by atoms with van der Waals surface area (Å²) in [5.41, 5.74) is 4.14. The van der Waals surface area contributed by atoms with Crippen molar-refractivity contribution in [3.8, 4) is 11.1 Å². The summed E-state index contributed by atoms with van der Waals surface area (Å²) in [6, 6.07) is 3.62. The fraction of sp³-hybridized carbons (Fsp3) is 0.500. The number of aliphatic hydroxyl groups is 1. The maximum absolute atomic E-state index is 13.6. The number of aromatic amines is 1. The highest BCUT2D eigenvalue weighted by Gasteiger charge is 2.40. The number of fused-ring (bicyclic) bond motifs is 1. The lowest BCUT2D eigenvalue weighted by Crippen LogP contribution is -2.54. The number of carbonyl (C=O) groups excluding carboxylic acids is 5. The van der Waals surface area contributed by atoms with Crippen LogP contribution in [0.25, 0.3) is 22.2 Å². The Morgan fingerprint density at radius 2 is 1.54 bits per heavy atom. The predicted octanol–water partition coefficient (Wildman–Crippen LogP) is 3.10. The predicted molar refractivity (Wildman–Crippen MR) is 198 cm³/mol. The number of hydrogen-bond acceptors (Lipinski definition) is 11. The molecule has 286 valence electrons. The summed E-state index contributed by atoms with van der Waals surface area (Å²) in [7, 11) is 1.27. The molecule has 2 saturated heterocycles. The van der Waals surface area contributed by atoms with Gasteiger partial charge in [0.25, 0.3) is 0 Å². The maximum atomic E-state index is 13.6. The molecule has 1 aromatic carbocycles. The summed E-state index contributed by atoms with van der Waals surface area (Å²) >= 11 is 0. The number of ketones is 1. The molecule has 0 saturated carbocycles. The molecule has 4 amide bonds. The fourth-order valence-corrected chi connectivity index (χ4v) is 7.38. The van der Waals surface area contributed by atoms with Crippen LogP contribution >= 0.6 is 0 Å². The number of H-pyrrole nitrogens is 1. The molecule has 6 rings (SSSR count). The van der Waals surface area contributed by atoms with Crippen LogP contribution in [-0.4, -0.2) is 115 Å². The molecule has 3 aliphatic rings. The lowest BCUT2D eigenvalue weighted by molar-refractivity contribution is -0.138. The molecule has 0 spiro atoms. The van der Waals surface area contributed by atoms with Crippen LogP contribution in [0.5, 0.6) is 0 Å². The van der Waals surface area contributed by atoms with Gasteiger partial charge in [-0.3, -0.25) is 24.2 Å². The molecule has 4 unspecified atom stereocenters. The summed E-state index contributed by atoms with van der Waals surface area (Å²) in [5.74, 6) is -1.01. The second-order valence-electron chi connectivity index (χ2n) is 14.6. The Hall–Kier alpha value is -5.51. The average Bonchev–Trinajstić information content (AvgIpc) is 4.00. The third-order valence-electron chi connectivity index (χ3n) is 10.3. The first-order valence-corrected chi connectivity index (χ1v) is 18.4. The van der Waals surface area contributed by atoms with E-state index in [4.69, 9.17) is 9.72 Å². The van der Waals surface area contributed by atoms with Gasteiger partial charge in [-0.1, -0.05) is 33.8 Å². The van der Waals surface area contributed by atoms with Crippen molar-refractivity contribution < 1.29 is 33.8 Å². The molecule has 16 nitrogen and oxygen atoms in total. The van der Waals surface area contributed by atoms with Crippen molar-refractivity contribution in [2.45, 2.75) is 84.0 Å². The Bertz CT molecular complexity index is 1990. The summed E-state index contributed by atoms with van der Waals surface area (Å²) < 4.78 is 4.74. The van der Waals surface area contributed by atoms with Crippen LogP contribution in [0.1, 0.15) is 82.3 Å².